The largest absolute Gasteiger partial charge is 0.348 e. The van der Waals surface area contributed by atoms with Gasteiger partial charge in [-0.2, -0.15) is 0 Å². The second-order valence-corrected chi connectivity index (χ2v) is 9.61. The molecule has 32 heavy (non-hydrogen) atoms. The summed E-state index contributed by atoms with van der Waals surface area (Å²) in [7, 11) is -3.92. The minimum absolute atomic E-state index is 0.157. The molecule has 0 heterocycles. The number of carbonyl (C=O) groups is 1. The van der Waals surface area contributed by atoms with Crippen LogP contribution in [-0.4, -0.2) is 20.9 Å². The Morgan fingerprint density at radius 1 is 0.906 bits per heavy atom. The summed E-state index contributed by atoms with van der Waals surface area (Å²) in [6, 6.07) is 23.4. The van der Waals surface area contributed by atoms with Gasteiger partial charge in [0, 0.05) is 0 Å². The zero-order valence-electron chi connectivity index (χ0n) is 18.8. The molecule has 0 spiro atoms. The van der Waals surface area contributed by atoms with Crippen molar-refractivity contribution in [3.63, 3.8) is 0 Å². The van der Waals surface area contributed by atoms with Gasteiger partial charge >= 0.3 is 0 Å². The van der Waals surface area contributed by atoms with E-state index in [0.29, 0.717) is 18.5 Å². The van der Waals surface area contributed by atoms with Crippen LogP contribution in [0.4, 0.5) is 5.69 Å². The molecule has 3 aromatic carbocycles. The van der Waals surface area contributed by atoms with E-state index >= 15 is 0 Å². The van der Waals surface area contributed by atoms with E-state index in [1.54, 1.807) is 42.5 Å². The second-order valence-electron chi connectivity index (χ2n) is 7.75. The van der Waals surface area contributed by atoms with Gasteiger partial charge in [0.15, 0.2) is 0 Å². The van der Waals surface area contributed by atoms with Gasteiger partial charge in [0.2, 0.25) is 5.91 Å². The van der Waals surface area contributed by atoms with E-state index in [0.717, 1.165) is 16.7 Å². The Morgan fingerprint density at radius 2 is 1.53 bits per heavy atom. The average molecular weight is 451 g/mol. The van der Waals surface area contributed by atoms with Crippen molar-refractivity contribution in [3.8, 4) is 0 Å². The van der Waals surface area contributed by atoms with Crippen LogP contribution >= 0.6 is 0 Å². The van der Waals surface area contributed by atoms with E-state index in [-0.39, 0.29) is 23.4 Å². The molecule has 3 rings (SSSR count). The number of nitrogens with one attached hydrogen (secondary N) is 1. The van der Waals surface area contributed by atoms with Gasteiger partial charge < -0.3 is 5.32 Å². The molecule has 0 radical (unpaired) electrons. The highest BCUT2D eigenvalue weighted by Crippen LogP contribution is 2.27. The summed E-state index contributed by atoms with van der Waals surface area (Å²) in [6.07, 6.45) is 1.35. The number of hydrogen-bond donors (Lipinski definition) is 1. The van der Waals surface area contributed by atoms with Crippen molar-refractivity contribution in [3.05, 3.63) is 95.6 Å². The van der Waals surface area contributed by atoms with Crippen LogP contribution in [0.3, 0.4) is 0 Å². The molecule has 1 atom stereocenters. The van der Waals surface area contributed by atoms with Gasteiger partial charge in [-0.3, -0.25) is 9.10 Å². The molecule has 0 aliphatic carbocycles. The lowest BCUT2D eigenvalue weighted by Crippen LogP contribution is -2.42. The Labute approximate surface area is 191 Å². The molecule has 0 fully saturated rings. The lowest BCUT2D eigenvalue weighted by molar-refractivity contribution is -0.120. The molecule has 0 saturated heterocycles. The Bertz CT molecular complexity index is 1140. The smallest absolute Gasteiger partial charge is 0.264 e. The number of para-hydroxylation sites is 1. The summed E-state index contributed by atoms with van der Waals surface area (Å²) in [5, 5.41) is 3.02. The molecule has 0 aliphatic heterocycles. The van der Waals surface area contributed by atoms with Crippen molar-refractivity contribution in [2.75, 3.05) is 10.8 Å². The van der Waals surface area contributed by atoms with Crippen LogP contribution < -0.4 is 9.62 Å². The molecule has 0 unspecified atom stereocenters. The number of benzene rings is 3. The molecule has 1 N–H and O–H groups in total. The molecule has 0 aliphatic rings. The van der Waals surface area contributed by atoms with Gasteiger partial charge in [-0.25, -0.2) is 8.42 Å². The zero-order chi connectivity index (χ0) is 23.1. The van der Waals surface area contributed by atoms with E-state index in [1.165, 1.54) is 4.31 Å². The third-order valence-corrected chi connectivity index (χ3v) is 7.26. The third-order valence-electron chi connectivity index (χ3n) is 5.48. The maximum Gasteiger partial charge on any atom is 0.264 e. The summed E-state index contributed by atoms with van der Waals surface area (Å²) in [5.74, 6) is -0.345. The predicted octanol–water partition coefficient (Wildman–Crippen LogP) is 5.02. The third kappa shape index (κ3) is 5.37. The van der Waals surface area contributed by atoms with Crippen LogP contribution in [-0.2, 0) is 21.2 Å². The molecular formula is C26H30N2O3S. The molecule has 0 bridgehead atoms. The van der Waals surface area contributed by atoms with E-state index < -0.39 is 10.0 Å². The van der Waals surface area contributed by atoms with Crippen molar-refractivity contribution < 1.29 is 13.2 Å². The highest BCUT2D eigenvalue weighted by atomic mass is 32.2. The Morgan fingerprint density at radius 3 is 2.16 bits per heavy atom. The summed E-state index contributed by atoms with van der Waals surface area (Å²) in [4.78, 5) is 13.3. The highest BCUT2D eigenvalue weighted by Gasteiger charge is 2.29. The van der Waals surface area contributed by atoms with Gasteiger partial charge in [0.25, 0.3) is 10.0 Å². The van der Waals surface area contributed by atoms with Crippen LogP contribution in [0.15, 0.2) is 83.8 Å². The normalized spacial score (nSPS) is 12.2. The van der Waals surface area contributed by atoms with Gasteiger partial charge in [-0.15, -0.1) is 0 Å². The zero-order valence-corrected chi connectivity index (χ0v) is 19.6. The molecule has 5 nitrogen and oxygen atoms in total. The van der Waals surface area contributed by atoms with Gasteiger partial charge in [-0.05, 0) is 49.1 Å². The second kappa shape index (κ2) is 10.5. The first-order valence-electron chi connectivity index (χ1n) is 10.9. The summed E-state index contributed by atoms with van der Waals surface area (Å²) in [5.41, 5.74) is 3.53. The molecule has 0 saturated carbocycles. The van der Waals surface area contributed by atoms with E-state index in [1.807, 2.05) is 57.2 Å². The molecule has 6 heteroatoms. The number of rotatable bonds is 9. The van der Waals surface area contributed by atoms with E-state index in [2.05, 4.69) is 5.32 Å². The number of nitrogens with zero attached hydrogens (tertiary/aromatic N) is 1. The molecule has 0 aromatic heterocycles. The SMILES string of the molecule is CCc1ccccc1N(CC(=O)N[C@@H](CC)c1ccc(C)cc1)S(=O)(=O)c1ccccc1. The average Bonchev–Trinajstić information content (AvgIpc) is 2.82. The first-order valence-corrected chi connectivity index (χ1v) is 12.3. The Balaban J connectivity index is 1.93. The minimum Gasteiger partial charge on any atom is -0.348 e. The fraction of sp³-hybridized carbons (Fsp3) is 0.269. The Kier molecular flexibility index (Phi) is 7.70. The maximum absolute atomic E-state index is 13.5. The number of sulfonamides is 1. The fourth-order valence-electron chi connectivity index (χ4n) is 3.66. The predicted molar refractivity (Wildman–Crippen MR) is 129 cm³/mol. The topological polar surface area (TPSA) is 66.5 Å². The number of carbonyl (C=O) groups excluding carboxylic acids is 1. The number of aryl methyl sites for hydroxylation is 2. The summed E-state index contributed by atoms with van der Waals surface area (Å²) in [6.45, 7) is 5.68. The fourth-order valence-corrected chi connectivity index (χ4v) is 5.14. The van der Waals surface area contributed by atoms with Crippen molar-refractivity contribution in [1.82, 2.24) is 5.32 Å². The van der Waals surface area contributed by atoms with Crippen LogP contribution in [0.2, 0.25) is 0 Å². The van der Waals surface area contributed by atoms with Gasteiger partial charge in [-0.1, -0.05) is 80.1 Å². The van der Waals surface area contributed by atoms with Crippen molar-refractivity contribution in [1.29, 1.82) is 0 Å². The van der Waals surface area contributed by atoms with Crippen molar-refractivity contribution in [2.45, 2.75) is 44.6 Å². The first kappa shape index (κ1) is 23.5. The molecule has 1 amide bonds. The van der Waals surface area contributed by atoms with E-state index in [4.69, 9.17) is 0 Å². The molecular weight excluding hydrogens is 420 g/mol. The lowest BCUT2D eigenvalue weighted by atomic mass is 10.0. The highest BCUT2D eigenvalue weighted by molar-refractivity contribution is 7.92. The van der Waals surface area contributed by atoms with E-state index in [9.17, 15) is 13.2 Å². The molecule has 3 aromatic rings. The lowest BCUT2D eigenvalue weighted by Gasteiger charge is -2.27. The van der Waals surface area contributed by atoms with Crippen molar-refractivity contribution >= 4 is 21.6 Å². The van der Waals surface area contributed by atoms with Crippen LogP contribution in [0.25, 0.3) is 0 Å². The number of hydrogen-bond acceptors (Lipinski definition) is 3. The quantitative estimate of drug-likeness (QED) is 0.498. The van der Waals surface area contributed by atoms with Crippen molar-refractivity contribution in [2.24, 2.45) is 0 Å². The maximum atomic E-state index is 13.5. The number of amides is 1. The summed E-state index contributed by atoms with van der Waals surface area (Å²) >= 11 is 0. The van der Waals surface area contributed by atoms with Gasteiger partial charge in [0.1, 0.15) is 6.54 Å². The van der Waals surface area contributed by atoms with Gasteiger partial charge in [0.05, 0.1) is 16.6 Å². The summed E-state index contributed by atoms with van der Waals surface area (Å²) < 4.78 is 28.3. The standard InChI is InChI=1S/C26H30N2O3S/c1-4-21-11-9-10-14-25(21)28(32(30,31)23-12-7-6-8-13-23)19-26(29)27-24(5-2)22-17-15-20(3)16-18-22/h6-18,24H,4-5,19H2,1-3H3,(H,27,29)/t24-/m0/s1. The number of anilines is 1. The minimum atomic E-state index is -3.92. The van der Waals surface area contributed by atoms with Crippen LogP contribution in [0.5, 0.6) is 0 Å². The first-order chi connectivity index (χ1) is 15.4. The van der Waals surface area contributed by atoms with Crippen LogP contribution in [0.1, 0.15) is 43.0 Å². The monoisotopic (exact) mass is 450 g/mol. The molecule has 168 valence electrons. The Hall–Kier alpha value is -3.12. The van der Waals surface area contributed by atoms with Crippen LogP contribution in [0, 0.1) is 6.92 Å².